The van der Waals surface area contributed by atoms with Crippen molar-refractivity contribution < 1.29 is 17.6 Å². The fourth-order valence-electron chi connectivity index (χ4n) is 2.90. The van der Waals surface area contributed by atoms with Gasteiger partial charge in [0.1, 0.15) is 11.9 Å². The van der Waals surface area contributed by atoms with Crippen LogP contribution in [0, 0.1) is 12.7 Å². The molecule has 2 aromatic rings. The van der Waals surface area contributed by atoms with E-state index in [0.29, 0.717) is 0 Å². The van der Waals surface area contributed by atoms with Crippen LogP contribution in [0.5, 0.6) is 0 Å². The first-order valence-electron chi connectivity index (χ1n) is 8.75. The molecule has 0 heterocycles. The van der Waals surface area contributed by atoms with E-state index in [-0.39, 0.29) is 18.2 Å². The van der Waals surface area contributed by atoms with Gasteiger partial charge in [-0.25, -0.2) is 12.8 Å². The first-order chi connectivity index (χ1) is 12.6. The lowest BCUT2D eigenvalue weighted by molar-refractivity contribution is -0.122. The van der Waals surface area contributed by atoms with Crippen LogP contribution in [-0.2, 0) is 14.8 Å². The quantitative estimate of drug-likeness (QED) is 0.784. The Kier molecular flexibility index (Phi) is 6.59. The van der Waals surface area contributed by atoms with Gasteiger partial charge in [-0.15, -0.1) is 0 Å². The van der Waals surface area contributed by atoms with Crippen LogP contribution in [0.1, 0.15) is 37.4 Å². The Morgan fingerprint density at radius 1 is 1.11 bits per heavy atom. The molecular weight excluding hydrogens is 367 g/mol. The number of amides is 1. The summed E-state index contributed by atoms with van der Waals surface area (Å²) < 4.78 is 39.0. The molecule has 0 unspecified atom stereocenters. The first-order valence-corrected chi connectivity index (χ1v) is 10.6. The molecule has 0 aliphatic carbocycles. The summed E-state index contributed by atoms with van der Waals surface area (Å²) in [6.07, 6.45) is 1.31. The topological polar surface area (TPSA) is 66.5 Å². The molecule has 0 aliphatic rings. The van der Waals surface area contributed by atoms with Gasteiger partial charge in [0.25, 0.3) is 0 Å². The van der Waals surface area contributed by atoms with Crippen molar-refractivity contribution in [2.24, 2.45) is 0 Å². The molecule has 7 heteroatoms. The number of carbonyl (C=O) groups excluding carboxylic acids is 1. The predicted molar refractivity (Wildman–Crippen MR) is 106 cm³/mol. The first kappa shape index (κ1) is 20.9. The smallest absolute Gasteiger partial charge is 0.244 e. The summed E-state index contributed by atoms with van der Waals surface area (Å²) in [6, 6.07) is 11.6. The second kappa shape index (κ2) is 8.52. The van der Waals surface area contributed by atoms with Gasteiger partial charge in [-0.1, -0.05) is 36.8 Å². The van der Waals surface area contributed by atoms with E-state index in [1.165, 1.54) is 24.3 Å². The van der Waals surface area contributed by atoms with Crippen molar-refractivity contribution in [2.75, 3.05) is 10.6 Å². The van der Waals surface area contributed by atoms with Crippen molar-refractivity contribution in [3.63, 3.8) is 0 Å². The van der Waals surface area contributed by atoms with Gasteiger partial charge < -0.3 is 5.32 Å². The summed E-state index contributed by atoms with van der Waals surface area (Å²) in [5, 5.41) is 2.88. The fraction of sp³-hybridized carbons (Fsp3) is 0.350. The van der Waals surface area contributed by atoms with Gasteiger partial charge in [-0.3, -0.25) is 9.10 Å². The van der Waals surface area contributed by atoms with Crippen molar-refractivity contribution >= 4 is 21.6 Å². The van der Waals surface area contributed by atoms with E-state index in [1.54, 1.807) is 6.92 Å². The molecule has 27 heavy (non-hydrogen) atoms. The molecule has 0 aliphatic heterocycles. The Hall–Kier alpha value is -2.41. The van der Waals surface area contributed by atoms with Gasteiger partial charge >= 0.3 is 0 Å². The third-order valence-corrected chi connectivity index (χ3v) is 5.53. The number of hydrogen-bond acceptors (Lipinski definition) is 3. The Morgan fingerprint density at radius 3 is 2.15 bits per heavy atom. The minimum Gasteiger partial charge on any atom is -0.348 e. The normalized spacial score (nSPS) is 13.7. The highest BCUT2D eigenvalue weighted by molar-refractivity contribution is 7.92. The summed E-state index contributed by atoms with van der Waals surface area (Å²) in [4.78, 5) is 12.9. The molecule has 0 saturated heterocycles. The molecule has 2 aromatic carbocycles. The SMILES string of the molecule is CC[C@H](C(=O)N[C@H](C)c1ccc(C)cc1)N(c1ccc(F)cc1)S(C)(=O)=O. The fourth-order valence-corrected chi connectivity index (χ4v) is 4.11. The molecule has 0 aromatic heterocycles. The molecule has 5 nitrogen and oxygen atoms in total. The predicted octanol–water partition coefficient (Wildman–Crippen LogP) is 3.56. The zero-order valence-electron chi connectivity index (χ0n) is 15.9. The Labute approximate surface area is 160 Å². The zero-order chi connectivity index (χ0) is 20.2. The van der Waals surface area contributed by atoms with Gasteiger partial charge in [0.15, 0.2) is 0 Å². The molecule has 0 bridgehead atoms. The largest absolute Gasteiger partial charge is 0.348 e. The minimum atomic E-state index is -3.74. The van der Waals surface area contributed by atoms with Crippen LogP contribution in [0.4, 0.5) is 10.1 Å². The molecule has 2 rings (SSSR count). The molecule has 2 atom stereocenters. The monoisotopic (exact) mass is 392 g/mol. The van der Waals surface area contributed by atoms with E-state index < -0.39 is 27.8 Å². The second-order valence-corrected chi connectivity index (χ2v) is 8.46. The van der Waals surface area contributed by atoms with E-state index in [9.17, 15) is 17.6 Å². The van der Waals surface area contributed by atoms with Crippen molar-refractivity contribution in [3.8, 4) is 0 Å². The van der Waals surface area contributed by atoms with Crippen LogP contribution in [0.15, 0.2) is 48.5 Å². The number of anilines is 1. The molecule has 0 radical (unpaired) electrons. The lowest BCUT2D eigenvalue weighted by Gasteiger charge is -2.31. The Balaban J connectivity index is 2.28. The maximum atomic E-state index is 13.2. The number of halogens is 1. The van der Waals surface area contributed by atoms with Crippen LogP contribution < -0.4 is 9.62 Å². The van der Waals surface area contributed by atoms with Crippen molar-refractivity contribution in [1.82, 2.24) is 5.32 Å². The van der Waals surface area contributed by atoms with Crippen LogP contribution in [0.2, 0.25) is 0 Å². The van der Waals surface area contributed by atoms with Gasteiger partial charge in [0.2, 0.25) is 15.9 Å². The average Bonchev–Trinajstić information content (AvgIpc) is 2.60. The molecule has 1 amide bonds. The Morgan fingerprint density at radius 2 is 1.67 bits per heavy atom. The van der Waals surface area contributed by atoms with E-state index in [1.807, 2.05) is 38.1 Å². The summed E-state index contributed by atoms with van der Waals surface area (Å²) >= 11 is 0. The number of aryl methyl sites for hydroxylation is 1. The van der Waals surface area contributed by atoms with Gasteiger partial charge in [0.05, 0.1) is 18.0 Å². The highest BCUT2D eigenvalue weighted by Crippen LogP contribution is 2.23. The van der Waals surface area contributed by atoms with Crippen LogP contribution in [-0.4, -0.2) is 26.6 Å². The number of nitrogens with one attached hydrogen (secondary N) is 1. The summed E-state index contributed by atoms with van der Waals surface area (Å²) in [6.45, 7) is 5.56. The van der Waals surface area contributed by atoms with Crippen molar-refractivity contribution in [2.45, 2.75) is 39.3 Å². The molecule has 146 valence electrons. The van der Waals surface area contributed by atoms with E-state index in [4.69, 9.17) is 0 Å². The Bertz CT molecular complexity index is 880. The number of rotatable bonds is 7. The molecule has 0 fully saturated rings. The highest BCUT2D eigenvalue weighted by atomic mass is 32.2. The summed E-state index contributed by atoms with van der Waals surface area (Å²) in [7, 11) is -3.74. The lowest BCUT2D eigenvalue weighted by Crippen LogP contribution is -2.49. The maximum Gasteiger partial charge on any atom is 0.244 e. The molecule has 1 N–H and O–H groups in total. The number of carbonyl (C=O) groups is 1. The van der Waals surface area contributed by atoms with Gasteiger partial charge in [-0.05, 0) is 50.1 Å². The maximum absolute atomic E-state index is 13.2. The van der Waals surface area contributed by atoms with Crippen molar-refractivity contribution in [1.29, 1.82) is 0 Å². The van der Waals surface area contributed by atoms with Crippen LogP contribution >= 0.6 is 0 Å². The van der Waals surface area contributed by atoms with Gasteiger partial charge in [-0.2, -0.15) is 0 Å². The number of sulfonamides is 1. The molecule has 0 spiro atoms. The number of benzene rings is 2. The van der Waals surface area contributed by atoms with E-state index in [0.717, 1.165) is 21.7 Å². The van der Waals surface area contributed by atoms with Crippen LogP contribution in [0.25, 0.3) is 0 Å². The average molecular weight is 392 g/mol. The van der Waals surface area contributed by atoms with Crippen molar-refractivity contribution in [3.05, 3.63) is 65.5 Å². The molecular formula is C20H25FN2O3S. The van der Waals surface area contributed by atoms with Crippen LogP contribution in [0.3, 0.4) is 0 Å². The number of nitrogens with zero attached hydrogens (tertiary/aromatic N) is 1. The highest BCUT2D eigenvalue weighted by Gasteiger charge is 2.32. The third-order valence-electron chi connectivity index (χ3n) is 4.35. The standard InChI is InChI=1S/C20H25FN2O3S/c1-5-19(20(24)22-15(3)16-8-6-14(2)7-9-16)23(27(4,25)26)18-12-10-17(21)11-13-18/h6-13,15,19H,5H2,1-4H3,(H,22,24)/t15-,19-/m1/s1. The molecule has 0 saturated carbocycles. The van der Waals surface area contributed by atoms with E-state index >= 15 is 0 Å². The third kappa shape index (κ3) is 5.29. The van der Waals surface area contributed by atoms with E-state index in [2.05, 4.69) is 5.32 Å². The summed E-state index contributed by atoms with van der Waals surface area (Å²) in [5.74, 6) is -0.877. The second-order valence-electron chi connectivity index (χ2n) is 6.60. The van der Waals surface area contributed by atoms with Gasteiger partial charge in [0, 0.05) is 0 Å². The summed E-state index contributed by atoms with van der Waals surface area (Å²) in [5.41, 5.74) is 2.30. The lowest BCUT2D eigenvalue weighted by atomic mass is 10.1. The zero-order valence-corrected chi connectivity index (χ0v) is 16.8. The minimum absolute atomic E-state index is 0.254. The number of hydrogen-bond donors (Lipinski definition) is 1.